The lowest BCUT2D eigenvalue weighted by molar-refractivity contribution is 0.867. The summed E-state index contributed by atoms with van der Waals surface area (Å²) in [4.78, 5) is 20.8. The van der Waals surface area contributed by atoms with Crippen molar-refractivity contribution in [1.82, 2.24) is 14.6 Å². The van der Waals surface area contributed by atoms with Crippen molar-refractivity contribution in [3.05, 3.63) is 33.9 Å². The van der Waals surface area contributed by atoms with E-state index in [9.17, 15) is 4.79 Å². The first-order chi connectivity index (χ1) is 9.67. The number of hydrogen-bond donors (Lipinski definition) is 1. The highest BCUT2D eigenvalue weighted by atomic mass is 32.2. The predicted molar refractivity (Wildman–Crippen MR) is 81.2 cm³/mol. The van der Waals surface area contributed by atoms with Crippen LogP contribution in [0, 0.1) is 11.3 Å². The van der Waals surface area contributed by atoms with E-state index in [2.05, 4.69) is 22.0 Å². The van der Waals surface area contributed by atoms with E-state index in [-0.39, 0.29) is 5.56 Å². The fraction of sp³-hybridized carbons (Fsp3) is 0.333. The van der Waals surface area contributed by atoms with E-state index >= 15 is 0 Å². The third-order valence-corrected chi connectivity index (χ3v) is 5.29. The quantitative estimate of drug-likeness (QED) is 0.911. The van der Waals surface area contributed by atoms with E-state index < -0.39 is 0 Å². The zero-order chi connectivity index (χ0) is 14.1. The van der Waals surface area contributed by atoms with Crippen molar-refractivity contribution in [2.24, 2.45) is 4.99 Å². The molecule has 3 heterocycles. The molecule has 1 atom stereocenters. The highest BCUT2D eigenvalue weighted by molar-refractivity contribution is 8.38. The number of nitriles is 1. The van der Waals surface area contributed by atoms with E-state index in [0.717, 1.165) is 10.1 Å². The van der Waals surface area contributed by atoms with E-state index in [4.69, 9.17) is 5.26 Å². The average molecular weight is 305 g/mol. The molecular weight excluding hydrogens is 294 g/mol. The Morgan fingerprint density at radius 1 is 1.70 bits per heavy atom. The van der Waals surface area contributed by atoms with Crippen molar-refractivity contribution in [2.75, 3.05) is 5.75 Å². The molecule has 1 aliphatic rings. The molecule has 0 radical (unpaired) electrons. The van der Waals surface area contributed by atoms with Gasteiger partial charge >= 0.3 is 0 Å². The van der Waals surface area contributed by atoms with Crippen LogP contribution in [0.4, 0.5) is 0 Å². The van der Waals surface area contributed by atoms with E-state index in [1.807, 2.05) is 6.07 Å². The van der Waals surface area contributed by atoms with Gasteiger partial charge in [-0.25, -0.2) is 9.50 Å². The molecular formula is C12H11N5OS2. The minimum absolute atomic E-state index is 0.207. The van der Waals surface area contributed by atoms with Gasteiger partial charge in [0.1, 0.15) is 16.0 Å². The Kier molecular flexibility index (Phi) is 3.54. The van der Waals surface area contributed by atoms with Crippen LogP contribution in [0.2, 0.25) is 0 Å². The van der Waals surface area contributed by atoms with Crippen LogP contribution in [-0.2, 0) is 5.75 Å². The van der Waals surface area contributed by atoms with Crippen LogP contribution >= 0.6 is 23.5 Å². The molecule has 0 spiro atoms. The molecule has 0 saturated carbocycles. The smallest absolute Gasteiger partial charge is 0.272 e. The first-order valence-corrected chi connectivity index (χ1v) is 7.98. The monoisotopic (exact) mass is 305 g/mol. The zero-order valence-electron chi connectivity index (χ0n) is 10.7. The maximum absolute atomic E-state index is 11.9. The number of H-pyrrole nitrogens is 1. The van der Waals surface area contributed by atoms with Gasteiger partial charge in [0, 0.05) is 23.8 Å². The number of thioether (sulfide) groups is 2. The van der Waals surface area contributed by atoms with E-state index in [0.29, 0.717) is 28.7 Å². The summed E-state index contributed by atoms with van der Waals surface area (Å²) in [6.07, 6.45) is 1.49. The zero-order valence-corrected chi connectivity index (χ0v) is 12.3. The molecule has 102 valence electrons. The van der Waals surface area contributed by atoms with Gasteiger partial charge in [0.05, 0.1) is 11.7 Å². The fourth-order valence-electron chi connectivity index (χ4n) is 1.85. The van der Waals surface area contributed by atoms with Crippen molar-refractivity contribution in [3.63, 3.8) is 0 Å². The van der Waals surface area contributed by atoms with Crippen LogP contribution in [0.3, 0.4) is 0 Å². The normalized spacial score (nSPS) is 18.2. The van der Waals surface area contributed by atoms with Gasteiger partial charge in [-0.15, -0.1) is 0 Å². The van der Waals surface area contributed by atoms with Crippen molar-refractivity contribution >= 4 is 33.5 Å². The predicted octanol–water partition coefficient (Wildman–Crippen LogP) is 1.62. The van der Waals surface area contributed by atoms with Gasteiger partial charge in [-0.05, 0) is 6.92 Å². The average Bonchev–Trinajstić information content (AvgIpc) is 3.02. The molecule has 20 heavy (non-hydrogen) atoms. The second-order valence-corrected chi connectivity index (χ2v) is 6.62. The fourth-order valence-corrected chi connectivity index (χ4v) is 3.95. The van der Waals surface area contributed by atoms with Crippen LogP contribution in [0.5, 0.6) is 0 Å². The third-order valence-electron chi connectivity index (χ3n) is 2.79. The molecule has 0 bridgehead atoms. The van der Waals surface area contributed by atoms with E-state index in [1.54, 1.807) is 23.5 Å². The molecule has 1 aliphatic heterocycles. The SMILES string of the molecule is C[C@H]1CSC(SCc2cc(=O)n3[nH]cc(C#N)c3n2)=N1. The van der Waals surface area contributed by atoms with Gasteiger partial charge < -0.3 is 0 Å². The number of aromatic amines is 1. The molecule has 2 aromatic heterocycles. The van der Waals surface area contributed by atoms with Gasteiger partial charge in [0.2, 0.25) is 0 Å². The van der Waals surface area contributed by atoms with Gasteiger partial charge in [-0.3, -0.25) is 14.9 Å². The number of rotatable bonds is 2. The van der Waals surface area contributed by atoms with Gasteiger partial charge in [0.15, 0.2) is 5.65 Å². The Morgan fingerprint density at radius 2 is 2.55 bits per heavy atom. The molecule has 0 aliphatic carbocycles. The first-order valence-electron chi connectivity index (χ1n) is 6.01. The number of aromatic nitrogens is 3. The molecule has 0 aromatic carbocycles. The van der Waals surface area contributed by atoms with Crippen LogP contribution in [0.1, 0.15) is 18.2 Å². The Hall–Kier alpha value is -1.72. The van der Waals surface area contributed by atoms with Gasteiger partial charge in [-0.2, -0.15) is 5.26 Å². The first kappa shape index (κ1) is 13.3. The van der Waals surface area contributed by atoms with Crippen LogP contribution < -0.4 is 5.56 Å². The molecule has 0 fully saturated rings. The summed E-state index contributed by atoms with van der Waals surface area (Å²) in [6.45, 7) is 2.08. The summed E-state index contributed by atoms with van der Waals surface area (Å²) < 4.78 is 2.31. The Labute approximate surface area is 123 Å². The van der Waals surface area contributed by atoms with Gasteiger partial charge in [0.25, 0.3) is 5.56 Å². The number of hydrogen-bond acceptors (Lipinski definition) is 6. The molecule has 0 saturated heterocycles. The topological polar surface area (TPSA) is 86.3 Å². The number of fused-ring (bicyclic) bond motifs is 1. The van der Waals surface area contributed by atoms with Crippen molar-refractivity contribution in [1.29, 1.82) is 5.26 Å². The number of nitrogens with zero attached hydrogens (tertiary/aromatic N) is 4. The second kappa shape index (κ2) is 5.34. The lowest BCUT2D eigenvalue weighted by Crippen LogP contribution is -2.15. The summed E-state index contributed by atoms with van der Waals surface area (Å²) in [5.74, 6) is 1.59. The number of aliphatic imine (C=N–C) groups is 1. The van der Waals surface area contributed by atoms with Crippen molar-refractivity contribution in [3.8, 4) is 6.07 Å². The highest BCUT2D eigenvalue weighted by Gasteiger charge is 2.15. The second-order valence-electron chi connectivity index (χ2n) is 4.39. The number of nitrogens with one attached hydrogen (secondary N) is 1. The lowest BCUT2D eigenvalue weighted by atomic mass is 10.3. The largest absolute Gasteiger partial charge is 0.295 e. The molecule has 3 rings (SSSR count). The summed E-state index contributed by atoms with van der Waals surface area (Å²) in [7, 11) is 0. The van der Waals surface area contributed by atoms with E-state index in [1.165, 1.54) is 16.8 Å². The molecule has 8 heteroatoms. The molecule has 2 aromatic rings. The molecule has 6 nitrogen and oxygen atoms in total. The van der Waals surface area contributed by atoms with Crippen LogP contribution in [-0.4, -0.2) is 30.8 Å². The maximum atomic E-state index is 11.9. The van der Waals surface area contributed by atoms with Crippen molar-refractivity contribution < 1.29 is 0 Å². The summed E-state index contributed by atoms with van der Waals surface area (Å²) in [6, 6.07) is 3.87. The Morgan fingerprint density at radius 3 is 3.25 bits per heavy atom. The summed E-state index contributed by atoms with van der Waals surface area (Å²) in [5, 5.41) is 11.7. The molecule has 0 amide bonds. The van der Waals surface area contributed by atoms with Crippen molar-refractivity contribution in [2.45, 2.75) is 18.7 Å². The van der Waals surface area contributed by atoms with Crippen LogP contribution in [0.15, 0.2) is 22.1 Å². The Bertz CT molecular complexity index is 785. The third kappa shape index (κ3) is 2.46. The van der Waals surface area contributed by atoms with Crippen LogP contribution in [0.25, 0.3) is 5.65 Å². The minimum atomic E-state index is -0.207. The minimum Gasteiger partial charge on any atom is -0.295 e. The lowest BCUT2D eigenvalue weighted by Gasteiger charge is -2.01. The molecule has 0 unspecified atom stereocenters. The summed E-state index contributed by atoms with van der Waals surface area (Å²) in [5.41, 5.74) is 1.21. The maximum Gasteiger partial charge on any atom is 0.272 e. The standard InChI is InChI=1S/C12H11N5OS2/c1-7-5-19-12(15-7)20-6-9-2-10(18)17-11(16-9)8(3-13)4-14-17/h2,4,7,14H,5-6H2,1H3/t7-/m0/s1. The molecule has 1 N–H and O–H groups in total. The van der Waals surface area contributed by atoms with Gasteiger partial charge in [-0.1, -0.05) is 23.5 Å². The Balaban J connectivity index is 1.87. The summed E-state index contributed by atoms with van der Waals surface area (Å²) >= 11 is 3.31. The highest BCUT2D eigenvalue weighted by Crippen LogP contribution is 2.27.